The maximum Gasteiger partial charge on any atom is 0.318 e. The maximum absolute atomic E-state index is 13.7. The van der Waals surface area contributed by atoms with Crippen molar-refractivity contribution in [1.29, 1.82) is 0 Å². The highest BCUT2D eigenvalue weighted by molar-refractivity contribution is 5.91. The molecule has 1 N–H and O–H groups in total. The molecule has 3 aliphatic heterocycles. The standard InChI is InChI=1S/C30H39FN8O2/c1-18-8-9-24-22(14-32-35-24)27(18)26-13-25-23(16-37(26)5)28(34-30(33-25)41-17-21-7-6-10-36(21)4)38-11-12-39(19(2)15-38)29(40)20(3)31/h8-9,14,19,21,26H,3,6-7,10-13,15-17H2,1-2,4-5H3,(H,32,35)/t19-,21+,26?/m1/s1. The number of likely N-dealkylation sites (tertiary alicyclic amines) is 1. The van der Waals surface area contributed by atoms with Crippen LogP contribution >= 0.6 is 0 Å². The lowest BCUT2D eigenvalue weighted by Gasteiger charge is -2.42. The fraction of sp³-hybridized carbons (Fsp3) is 0.533. The van der Waals surface area contributed by atoms with Crippen molar-refractivity contribution < 1.29 is 13.9 Å². The summed E-state index contributed by atoms with van der Waals surface area (Å²) in [5.41, 5.74) is 5.56. The van der Waals surface area contributed by atoms with Crippen LogP contribution in [0.3, 0.4) is 0 Å². The Labute approximate surface area is 240 Å². The van der Waals surface area contributed by atoms with Gasteiger partial charge in [0.2, 0.25) is 0 Å². The molecular weight excluding hydrogens is 523 g/mol. The van der Waals surface area contributed by atoms with Crippen molar-refractivity contribution in [3.8, 4) is 6.01 Å². The van der Waals surface area contributed by atoms with Crippen molar-refractivity contribution in [3.63, 3.8) is 0 Å². The predicted molar refractivity (Wildman–Crippen MR) is 156 cm³/mol. The van der Waals surface area contributed by atoms with Gasteiger partial charge in [-0.05, 0) is 64.5 Å². The molecule has 0 aliphatic carbocycles. The lowest BCUT2D eigenvalue weighted by Crippen LogP contribution is -2.54. The number of aryl methyl sites for hydroxylation is 1. The Hall–Kier alpha value is -3.57. The van der Waals surface area contributed by atoms with E-state index in [9.17, 15) is 9.18 Å². The van der Waals surface area contributed by atoms with Gasteiger partial charge in [0.05, 0.1) is 17.4 Å². The predicted octanol–water partition coefficient (Wildman–Crippen LogP) is 3.38. The number of H-pyrrole nitrogens is 1. The summed E-state index contributed by atoms with van der Waals surface area (Å²) in [5.74, 6) is -0.725. The first-order chi connectivity index (χ1) is 19.7. The Morgan fingerprint density at radius 2 is 2.02 bits per heavy atom. The fourth-order valence-electron chi connectivity index (χ4n) is 6.73. The number of nitrogens with zero attached hydrogens (tertiary/aromatic N) is 7. The lowest BCUT2D eigenvalue weighted by atomic mass is 9.89. The number of aromatic amines is 1. The molecule has 2 saturated heterocycles. The van der Waals surface area contributed by atoms with Crippen LogP contribution in [0.4, 0.5) is 10.2 Å². The monoisotopic (exact) mass is 562 g/mol. The molecule has 10 nitrogen and oxygen atoms in total. The van der Waals surface area contributed by atoms with Crippen molar-refractivity contribution >= 4 is 22.6 Å². The summed E-state index contributed by atoms with van der Waals surface area (Å²) >= 11 is 0. The number of likely N-dealkylation sites (N-methyl/N-ethyl adjacent to an activating group) is 2. The molecule has 6 rings (SSSR count). The van der Waals surface area contributed by atoms with E-state index in [1.807, 2.05) is 13.1 Å². The molecule has 1 aromatic carbocycles. The number of nitrogens with one attached hydrogen (secondary N) is 1. The van der Waals surface area contributed by atoms with E-state index in [1.54, 1.807) is 4.90 Å². The molecule has 3 atom stereocenters. The number of ether oxygens (including phenoxy) is 1. The SMILES string of the molecule is C=C(F)C(=O)N1CCN(c2nc(OC[C@@H]3CCCN3C)nc3c2CN(C)C(c2c(C)ccc4[nH]ncc24)C3)C[C@H]1C. The Morgan fingerprint density at radius 1 is 1.20 bits per heavy atom. The molecule has 1 amide bonds. The number of rotatable bonds is 6. The maximum atomic E-state index is 13.7. The van der Waals surface area contributed by atoms with Gasteiger partial charge in [-0.1, -0.05) is 12.6 Å². The largest absolute Gasteiger partial charge is 0.462 e. The van der Waals surface area contributed by atoms with Gasteiger partial charge in [0.1, 0.15) is 12.4 Å². The van der Waals surface area contributed by atoms with E-state index >= 15 is 0 Å². The first kappa shape index (κ1) is 27.6. The summed E-state index contributed by atoms with van der Waals surface area (Å²) < 4.78 is 19.9. The summed E-state index contributed by atoms with van der Waals surface area (Å²) in [5, 5.41) is 8.54. The van der Waals surface area contributed by atoms with Crippen LogP contribution in [-0.2, 0) is 17.8 Å². The third-order valence-corrected chi connectivity index (χ3v) is 9.09. The van der Waals surface area contributed by atoms with Gasteiger partial charge in [-0.15, -0.1) is 0 Å². The quantitative estimate of drug-likeness (QED) is 0.457. The number of hydrogen-bond acceptors (Lipinski definition) is 8. The molecule has 0 spiro atoms. The van der Waals surface area contributed by atoms with Crippen LogP contribution in [0.5, 0.6) is 6.01 Å². The van der Waals surface area contributed by atoms with Crippen LogP contribution in [0.25, 0.3) is 10.9 Å². The Kier molecular flexibility index (Phi) is 7.41. The zero-order chi connectivity index (χ0) is 28.8. The number of fused-ring (bicyclic) bond motifs is 2. The number of carbonyl (C=O) groups excluding carboxylic acids is 1. The molecule has 11 heteroatoms. The van der Waals surface area contributed by atoms with E-state index in [0.29, 0.717) is 51.3 Å². The van der Waals surface area contributed by atoms with Gasteiger partial charge < -0.3 is 19.4 Å². The molecule has 0 bridgehead atoms. The first-order valence-corrected chi connectivity index (χ1v) is 14.5. The van der Waals surface area contributed by atoms with Gasteiger partial charge in [-0.2, -0.15) is 15.1 Å². The number of piperazine rings is 1. The topological polar surface area (TPSA) is 93.7 Å². The zero-order valence-corrected chi connectivity index (χ0v) is 24.4. The fourth-order valence-corrected chi connectivity index (χ4v) is 6.73. The highest BCUT2D eigenvalue weighted by Gasteiger charge is 2.35. The Balaban J connectivity index is 1.34. The second kappa shape index (κ2) is 11.0. The average molecular weight is 563 g/mol. The van der Waals surface area contributed by atoms with E-state index in [-0.39, 0.29) is 12.1 Å². The third-order valence-electron chi connectivity index (χ3n) is 9.09. The van der Waals surface area contributed by atoms with Gasteiger partial charge in [0, 0.05) is 61.7 Å². The van der Waals surface area contributed by atoms with Crippen LogP contribution in [0.15, 0.2) is 30.7 Å². The Morgan fingerprint density at radius 3 is 2.76 bits per heavy atom. The molecule has 3 aliphatic rings. The number of carbonyl (C=O) groups is 1. The molecule has 5 heterocycles. The second-order valence-corrected chi connectivity index (χ2v) is 11.8. The molecule has 0 saturated carbocycles. The highest BCUT2D eigenvalue weighted by atomic mass is 19.1. The van der Waals surface area contributed by atoms with Crippen LogP contribution in [0, 0.1) is 6.92 Å². The molecule has 218 valence electrons. The van der Waals surface area contributed by atoms with Gasteiger partial charge >= 0.3 is 6.01 Å². The van der Waals surface area contributed by atoms with Crippen molar-refractivity contribution in [2.45, 2.75) is 57.8 Å². The number of hydrogen-bond donors (Lipinski definition) is 1. The smallest absolute Gasteiger partial charge is 0.318 e. The number of benzene rings is 1. The number of aromatic nitrogens is 4. The van der Waals surface area contributed by atoms with Gasteiger partial charge in [0.25, 0.3) is 5.91 Å². The number of anilines is 1. The van der Waals surface area contributed by atoms with E-state index in [4.69, 9.17) is 14.7 Å². The highest BCUT2D eigenvalue weighted by Crippen LogP contribution is 2.40. The number of halogens is 1. The van der Waals surface area contributed by atoms with Crippen molar-refractivity contribution in [3.05, 3.63) is 53.1 Å². The van der Waals surface area contributed by atoms with Crippen LogP contribution in [-0.4, -0.2) is 99.7 Å². The van der Waals surface area contributed by atoms with E-state index < -0.39 is 11.7 Å². The summed E-state index contributed by atoms with van der Waals surface area (Å²) in [7, 11) is 4.27. The Bertz CT molecular complexity index is 1470. The second-order valence-electron chi connectivity index (χ2n) is 11.8. The molecular formula is C30H39FN8O2. The number of amides is 1. The van der Waals surface area contributed by atoms with E-state index in [0.717, 1.165) is 40.9 Å². The molecule has 41 heavy (non-hydrogen) atoms. The average Bonchev–Trinajstić information content (AvgIpc) is 3.59. The molecule has 0 radical (unpaired) electrons. The van der Waals surface area contributed by atoms with Crippen molar-refractivity contribution in [1.82, 2.24) is 34.9 Å². The van der Waals surface area contributed by atoms with Crippen LogP contribution < -0.4 is 9.64 Å². The van der Waals surface area contributed by atoms with Gasteiger partial charge in [-0.25, -0.2) is 4.39 Å². The van der Waals surface area contributed by atoms with Crippen LogP contribution in [0.2, 0.25) is 0 Å². The van der Waals surface area contributed by atoms with Crippen molar-refractivity contribution in [2.24, 2.45) is 0 Å². The first-order valence-electron chi connectivity index (χ1n) is 14.5. The molecule has 2 fully saturated rings. The van der Waals surface area contributed by atoms with E-state index in [2.05, 4.69) is 64.6 Å². The summed E-state index contributed by atoms with van der Waals surface area (Å²) in [4.78, 5) is 30.7. The lowest BCUT2D eigenvalue weighted by molar-refractivity contribution is -0.131. The normalized spacial score (nSPS) is 23.7. The zero-order valence-electron chi connectivity index (χ0n) is 24.4. The molecule has 2 aromatic heterocycles. The summed E-state index contributed by atoms with van der Waals surface area (Å²) in [6.45, 7) is 11.0. The van der Waals surface area contributed by atoms with Gasteiger partial charge in [0.15, 0.2) is 5.83 Å². The minimum Gasteiger partial charge on any atom is -0.462 e. The minimum absolute atomic E-state index is 0.115. The van der Waals surface area contributed by atoms with E-state index in [1.165, 1.54) is 17.5 Å². The molecule has 3 aromatic rings. The van der Waals surface area contributed by atoms with Gasteiger partial charge in [-0.3, -0.25) is 14.8 Å². The minimum atomic E-state index is -0.923. The summed E-state index contributed by atoms with van der Waals surface area (Å²) in [6.07, 6.45) is 4.89. The van der Waals surface area contributed by atoms with Crippen LogP contribution in [0.1, 0.15) is 48.2 Å². The van der Waals surface area contributed by atoms with Crippen molar-refractivity contribution in [2.75, 3.05) is 51.8 Å². The summed E-state index contributed by atoms with van der Waals surface area (Å²) in [6, 6.07) is 4.88. The molecule has 1 unspecified atom stereocenters. The third kappa shape index (κ3) is 5.17.